The van der Waals surface area contributed by atoms with Crippen LogP contribution in [-0.2, 0) is 4.79 Å². The molecule has 2 aliphatic heterocycles. The Kier molecular flexibility index (Phi) is 6.11. The summed E-state index contributed by atoms with van der Waals surface area (Å²) in [4.78, 5) is 16.8. The second kappa shape index (κ2) is 7.85. The fraction of sp³-hybridized carbons (Fsp3) is 0.933. The average molecular weight is 267 g/mol. The van der Waals surface area contributed by atoms with Gasteiger partial charge in [0.15, 0.2) is 0 Å². The zero-order valence-corrected chi connectivity index (χ0v) is 12.4. The van der Waals surface area contributed by atoms with Crippen LogP contribution in [0.4, 0.5) is 0 Å². The molecule has 19 heavy (non-hydrogen) atoms. The van der Waals surface area contributed by atoms with Gasteiger partial charge in [0.2, 0.25) is 5.91 Å². The number of hydrogen-bond acceptors (Lipinski definition) is 3. The van der Waals surface area contributed by atoms with Gasteiger partial charge in [-0.25, -0.2) is 0 Å². The topological polar surface area (TPSA) is 35.6 Å². The van der Waals surface area contributed by atoms with Crippen molar-refractivity contribution >= 4 is 5.91 Å². The van der Waals surface area contributed by atoms with E-state index in [9.17, 15) is 4.79 Å². The lowest BCUT2D eigenvalue weighted by Crippen LogP contribution is -2.40. The number of nitrogens with zero attached hydrogens (tertiary/aromatic N) is 2. The van der Waals surface area contributed by atoms with Gasteiger partial charge in [0.25, 0.3) is 0 Å². The Bertz CT molecular complexity index is 271. The van der Waals surface area contributed by atoms with E-state index in [2.05, 4.69) is 22.0 Å². The first-order valence-electron chi connectivity index (χ1n) is 8.00. The highest BCUT2D eigenvalue weighted by molar-refractivity contribution is 5.76. The fourth-order valence-electron chi connectivity index (χ4n) is 3.20. The number of rotatable bonds is 6. The highest BCUT2D eigenvalue weighted by atomic mass is 16.2. The maximum Gasteiger partial charge on any atom is 0.223 e. The van der Waals surface area contributed by atoms with Gasteiger partial charge in [-0.3, -0.25) is 4.79 Å². The largest absolute Gasteiger partial charge is 0.343 e. The van der Waals surface area contributed by atoms with Crippen molar-refractivity contribution in [3.8, 4) is 0 Å². The Morgan fingerprint density at radius 2 is 1.95 bits per heavy atom. The number of carbonyl (C=O) groups is 1. The van der Waals surface area contributed by atoms with Gasteiger partial charge in [-0.1, -0.05) is 0 Å². The maximum atomic E-state index is 12.3. The summed E-state index contributed by atoms with van der Waals surface area (Å²) in [6.07, 6.45) is 5.76. The van der Waals surface area contributed by atoms with E-state index in [1.54, 1.807) is 0 Å². The molecule has 0 aromatic heterocycles. The van der Waals surface area contributed by atoms with Crippen molar-refractivity contribution < 1.29 is 4.79 Å². The fourth-order valence-corrected chi connectivity index (χ4v) is 3.20. The summed E-state index contributed by atoms with van der Waals surface area (Å²) in [5, 5.41) is 3.39. The quantitative estimate of drug-likeness (QED) is 0.788. The normalized spacial score (nSPS) is 21.7. The molecule has 0 atom stereocenters. The molecule has 0 radical (unpaired) electrons. The monoisotopic (exact) mass is 267 g/mol. The van der Waals surface area contributed by atoms with Crippen molar-refractivity contribution in [3.63, 3.8) is 0 Å². The van der Waals surface area contributed by atoms with Crippen LogP contribution in [0.2, 0.25) is 0 Å². The Hall–Kier alpha value is -0.610. The number of likely N-dealkylation sites (tertiary alicyclic amines) is 1. The summed E-state index contributed by atoms with van der Waals surface area (Å²) in [5.41, 5.74) is 0. The molecule has 2 rings (SSSR count). The molecular weight excluding hydrogens is 238 g/mol. The van der Waals surface area contributed by atoms with Gasteiger partial charge in [0, 0.05) is 26.1 Å². The molecule has 2 aliphatic rings. The van der Waals surface area contributed by atoms with E-state index in [4.69, 9.17) is 0 Å². The SMILES string of the molecule is CCN(CC1CCNCC1)C(=O)CCN1CCCC1. The predicted molar refractivity (Wildman–Crippen MR) is 78.1 cm³/mol. The zero-order valence-electron chi connectivity index (χ0n) is 12.4. The second-order valence-corrected chi connectivity index (χ2v) is 5.92. The van der Waals surface area contributed by atoms with Gasteiger partial charge in [-0.05, 0) is 64.7 Å². The molecule has 1 N–H and O–H groups in total. The van der Waals surface area contributed by atoms with Gasteiger partial charge in [-0.2, -0.15) is 0 Å². The Morgan fingerprint density at radius 3 is 2.58 bits per heavy atom. The van der Waals surface area contributed by atoms with Gasteiger partial charge in [0.05, 0.1) is 0 Å². The summed E-state index contributed by atoms with van der Waals surface area (Å²) >= 11 is 0. The van der Waals surface area contributed by atoms with Crippen LogP contribution in [0.1, 0.15) is 39.0 Å². The Balaban J connectivity index is 1.70. The van der Waals surface area contributed by atoms with Crippen molar-refractivity contribution in [3.05, 3.63) is 0 Å². The molecule has 2 heterocycles. The second-order valence-electron chi connectivity index (χ2n) is 5.92. The number of carbonyl (C=O) groups excluding carboxylic acids is 1. The minimum atomic E-state index is 0.355. The number of piperidine rings is 1. The highest BCUT2D eigenvalue weighted by Crippen LogP contribution is 2.14. The van der Waals surface area contributed by atoms with Crippen LogP contribution in [0.15, 0.2) is 0 Å². The highest BCUT2D eigenvalue weighted by Gasteiger charge is 2.20. The van der Waals surface area contributed by atoms with Crippen molar-refractivity contribution in [2.45, 2.75) is 39.0 Å². The summed E-state index contributed by atoms with van der Waals surface area (Å²) in [7, 11) is 0. The van der Waals surface area contributed by atoms with E-state index in [1.165, 1.54) is 38.8 Å². The van der Waals surface area contributed by atoms with E-state index in [0.717, 1.165) is 32.7 Å². The molecule has 0 aromatic rings. The zero-order chi connectivity index (χ0) is 13.5. The van der Waals surface area contributed by atoms with Crippen LogP contribution in [0.5, 0.6) is 0 Å². The first kappa shape index (κ1) is 14.8. The molecule has 4 heteroatoms. The lowest BCUT2D eigenvalue weighted by molar-refractivity contribution is -0.132. The van der Waals surface area contributed by atoms with Crippen molar-refractivity contribution in [2.75, 3.05) is 45.8 Å². The Morgan fingerprint density at radius 1 is 1.26 bits per heavy atom. The van der Waals surface area contributed by atoms with Gasteiger partial charge < -0.3 is 15.1 Å². The molecule has 0 unspecified atom stereocenters. The standard InChI is InChI=1S/C15H29N3O/c1-2-18(13-14-5-8-16-9-6-14)15(19)7-12-17-10-3-4-11-17/h14,16H,2-13H2,1H3. The van der Waals surface area contributed by atoms with Gasteiger partial charge >= 0.3 is 0 Å². The molecule has 0 saturated carbocycles. The first-order valence-corrected chi connectivity index (χ1v) is 8.00. The third-order valence-corrected chi connectivity index (χ3v) is 4.51. The van der Waals surface area contributed by atoms with Crippen LogP contribution in [0, 0.1) is 5.92 Å². The third-order valence-electron chi connectivity index (χ3n) is 4.51. The number of amides is 1. The van der Waals surface area contributed by atoms with Crippen molar-refractivity contribution in [2.24, 2.45) is 5.92 Å². The Labute approximate surface area is 117 Å². The van der Waals surface area contributed by atoms with E-state index < -0.39 is 0 Å². The van der Waals surface area contributed by atoms with Crippen LogP contribution >= 0.6 is 0 Å². The van der Waals surface area contributed by atoms with E-state index in [0.29, 0.717) is 18.2 Å². The third kappa shape index (κ3) is 4.77. The van der Waals surface area contributed by atoms with Crippen molar-refractivity contribution in [1.82, 2.24) is 15.1 Å². The molecule has 110 valence electrons. The van der Waals surface area contributed by atoms with E-state index in [-0.39, 0.29) is 0 Å². The van der Waals surface area contributed by atoms with E-state index >= 15 is 0 Å². The minimum absolute atomic E-state index is 0.355. The molecule has 0 bridgehead atoms. The van der Waals surface area contributed by atoms with Crippen LogP contribution in [-0.4, -0.2) is 61.5 Å². The van der Waals surface area contributed by atoms with Gasteiger partial charge in [0.1, 0.15) is 0 Å². The predicted octanol–water partition coefficient (Wildman–Crippen LogP) is 1.32. The lowest BCUT2D eigenvalue weighted by Gasteiger charge is -2.30. The summed E-state index contributed by atoms with van der Waals surface area (Å²) < 4.78 is 0. The summed E-state index contributed by atoms with van der Waals surface area (Å²) in [5.74, 6) is 1.06. The maximum absolute atomic E-state index is 12.3. The number of nitrogens with one attached hydrogen (secondary N) is 1. The van der Waals surface area contributed by atoms with Crippen LogP contribution in [0.3, 0.4) is 0 Å². The molecule has 0 aliphatic carbocycles. The summed E-state index contributed by atoms with van der Waals surface area (Å²) in [6.45, 7) is 9.51. The first-order chi connectivity index (χ1) is 9.29. The van der Waals surface area contributed by atoms with Crippen LogP contribution in [0.25, 0.3) is 0 Å². The number of hydrogen-bond donors (Lipinski definition) is 1. The molecule has 0 spiro atoms. The van der Waals surface area contributed by atoms with Crippen LogP contribution < -0.4 is 5.32 Å². The van der Waals surface area contributed by atoms with Gasteiger partial charge in [-0.15, -0.1) is 0 Å². The molecule has 1 amide bonds. The smallest absolute Gasteiger partial charge is 0.223 e. The minimum Gasteiger partial charge on any atom is -0.343 e. The molecule has 4 nitrogen and oxygen atoms in total. The van der Waals surface area contributed by atoms with Crippen molar-refractivity contribution in [1.29, 1.82) is 0 Å². The molecule has 2 saturated heterocycles. The average Bonchev–Trinajstić information content (AvgIpc) is 2.96. The molecular formula is C15H29N3O. The molecule has 0 aromatic carbocycles. The lowest BCUT2D eigenvalue weighted by atomic mass is 9.97. The summed E-state index contributed by atoms with van der Waals surface area (Å²) in [6, 6.07) is 0. The van der Waals surface area contributed by atoms with E-state index in [1.807, 2.05) is 0 Å². The molecule has 2 fully saturated rings.